The van der Waals surface area contributed by atoms with Crippen LogP contribution < -0.4 is 14.8 Å². The molecule has 0 spiro atoms. The maximum Gasteiger partial charge on any atom is 0.272 e. The van der Waals surface area contributed by atoms with E-state index in [1.807, 2.05) is 34.6 Å². The predicted octanol–water partition coefficient (Wildman–Crippen LogP) is 3.86. The number of nitro benzene ring substituents is 1. The van der Waals surface area contributed by atoms with Crippen LogP contribution in [0.5, 0.6) is 11.6 Å². The number of nitro groups is 1. The summed E-state index contributed by atoms with van der Waals surface area (Å²) in [4.78, 5) is 23.1. The summed E-state index contributed by atoms with van der Waals surface area (Å²) in [7, 11) is -4.11. The number of carbonyl (C=O) groups excluding carboxylic acids is 1. The number of rotatable bonds is 10. The van der Waals surface area contributed by atoms with Gasteiger partial charge in [0, 0.05) is 30.3 Å². The SMILES string of the molecule is CCCNS(=O)(=O)c1cc([N+](=O)[O-])ccc1Oc1c(C)c(C(=O)NC(C)CC)nn1C(C)(C)C. The molecule has 1 aromatic heterocycles. The van der Waals surface area contributed by atoms with Crippen molar-refractivity contribution in [2.24, 2.45) is 0 Å². The van der Waals surface area contributed by atoms with Crippen molar-refractivity contribution < 1.29 is 22.9 Å². The lowest BCUT2D eigenvalue weighted by Crippen LogP contribution is -2.33. The Morgan fingerprint density at radius 2 is 1.94 bits per heavy atom. The van der Waals surface area contributed by atoms with Gasteiger partial charge < -0.3 is 10.1 Å². The summed E-state index contributed by atoms with van der Waals surface area (Å²) in [5.41, 5.74) is -0.437. The second kappa shape index (κ2) is 10.5. The smallest absolute Gasteiger partial charge is 0.272 e. The zero-order valence-corrected chi connectivity index (χ0v) is 21.4. The van der Waals surface area contributed by atoms with E-state index in [9.17, 15) is 23.3 Å². The van der Waals surface area contributed by atoms with Crippen LogP contribution in [-0.4, -0.2) is 41.6 Å². The molecule has 0 saturated carbocycles. The summed E-state index contributed by atoms with van der Waals surface area (Å²) >= 11 is 0. The predicted molar refractivity (Wildman–Crippen MR) is 128 cm³/mol. The molecule has 1 unspecified atom stereocenters. The van der Waals surface area contributed by atoms with E-state index in [-0.39, 0.29) is 46.4 Å². The Morgan fingerprint density at radius 1 is 1.29 bits per heavy atom. The van der Waals surface area contributed by atoms with E-state index < -0.39 is 20.5 Å². The maximum atomic E-state index is 12.9. The van der Waals surface area contributed by atoms with Crippen molar-refractivity contribution in [3.8, 4) is 11.6 Å². The molecule has 0 aliphatic heterocycles. The van der Waals surface area contributed by atoms with Gasteiger partial charge in [0.15, 0.2) is 5.69 Å². The molecule has 1 amide bonds. The second-order valence-corrected chi connectivity index (χ2v) is 10.8. The molecular formula is C22H33N5O6S. The number of nitrogens with zero attached hydrogens (tertiary/aromatic N) is 3. The third-order valence-corrected chi connectivity index (χ3v) is 6.57. The third kappa shape index (κ3) is 6.11. The van der Waals surface area contributed by atoms with Crippen LogP contribution in [0.25, 0.3) is 0 Å². The van der Waals surface area contributed by atoms with Gasteiger partial charge in [0.1, 0.15) is 10.6 Å². The van der Waals surface area contributed by atoms with Gasteiger partial charge >= 0.3 is 0 Å². The van der Waals surface area contributed by atoms with Crippen molar-refractivity contribution in [1.29, 1.82) is 0 Å². The van der Waals surface area contributed by atoms with Crippen LogP contribution >= 0.6 is 0 Å². The average Bonchev–Trinajstić information content (AvgIpc) is 3.08. The fraction of sp³-hybridized carbons (Fsp3) is 0.545. The van der Waals surface area contributed by atoms with E-state index in [2.05, 4.69) is 15.1 Å². The number of benzene rings is 1. The van der Waals surface area contributed by atoms with Gasteiger partial charge in [0.25, 0.3) is 11.6 Å². The number of nitrogens with one attached hydrogen (secondary N) is 2. The van der Waals surface area contributed by atoms with Crippen molar-refractivity contribution in [3.63, 3.8) is 0 Å². The van der Waals surface area contributed by atoms with Gasteiger partial charge in [0.2, 0.25) is 15.9 Å². The van der Waals surface area contributed by atoms with E-state index in [1.54, 1.807) is 13.8 Å². The Kier molecular flexibility index (Phi) is 8.43. The molecule has 0 fully saturated rings. The number of hydrogen-bond acceptors (Lipinski definition) is 7. The molecule has 34 heavy (non-hydrogen) atoms. The van der Waals surface area contributed by atoms with Crippen LogP contribution in [0.15, 0.2) is 23.1 Å². The second-order valence-electron chi connectivity index (χ2n) is 9.03. The minimum Gasteiger partial charge on any atom is -0.438 e. The number of carbonyl (C=O) groups is 1. The molecule has 0 aliphatic carbocycles. The van der Waals surface area contributed by atoms with Gasteiger partial charge in [-0.2, -0.15) is 5.10 Å². The maximum absolute atomic E-state index is 12.9. The molecule has 0 saturated heterocycles. The van der Waals surface area contributed by atoms with Crippen molar-refractivity contribution in [2.75, 3.05) is 6.54 Å². The lowest BCUT2D eigenvalue weighted by molar-refractivity contribution is -0.385. The van der Waals surface area contributed by atoms with E-state index in [1.165, 1.54) is 10.7 Å². The summed E-state index contributed by atoms with van der Waals surface area (Å²) in [6.07, 6.45) is 1.28. The van der Waals surface area contributed by atoms with Gasteiger partial charge in [-0.05, 0) is 53.5 Å². The molecule has 0 aliphatic rings. The fourth-order valence-corrected chi connectivity index (χ4v) is 4.27. The van der Waals surface area contributed by atoms with Crippen molar-refractivity contribution in [3.05, 3.63) is 39.6 Å². The molecule has 2 rings (SSSR count). The van der Waals surface area contributed by atoms with Gasteiger partial charge in [-0.15, -0.1) is 0 Å². The zero-order valence-electron chi connectivity index (χ0n) is 20.6. The number of amides is 1. The first-order valence-electron chi connectivity index (χ1n) is 11.1. The Morgan fingerprint density at radius 3 is 2.47 bits per heavy atom. The minimum atomic E-state index is -4.11. The van der Waals surface area contributed by atoms with E-state index >= 15 is 0 Å². The molecule has 12 heteroatoms. The Bertz CT molecular complexity index is 1170. The van der Waals surface area contributed by atoms with E-state index in [0.717, 1.165) is 18.6 Å². The van der Waals surface area contributed by atoms with Crippen molar-refractivity contribution in [1.82, 2.24) is 19.8 Å². The molecule has 1 atom stereocenters. The van der Waals surface area contributed by atoms with Gasteiger partial charge in [-0.1, -0.05) is 13.8 Å². The molecule has 0 radical (unpaired) electrons. The quantitative estimate of drug-likeness (QED) is 0.376. The van der Waals surface area contributed by atoms with Crippen LogP contribution in [0, 0.1) is 17.0 Å². The fourth-order valence-electron chi connectivity index (χ4n) is 2.99. The third-order valence-electron chi connectivity index (χ3n) is 5.09. The topological polar surface area (TPSA) is 145 Å². The number of aromatic nitrogens is 2. The van der Waals surface area contributed by atoms with E-state index in [0.29, 0.717) is 12.0 Å². The minimum absolute atomic E-state index is 0.0629. The highest BCUT2D eigenvalue weighted by Crippen LogP contribution is 2.36. The number of non-ortho nitro benzene ring substituents is 1. The first-order valence-corrected chi connectivity index (χ1v) is 12.6. The molecular weight excluding hydrogens is 462 g/mol. The normalized spacial score (nSPS) is 12.9. The molecule has 2 aromatic rings. The van der Waals surface area contributed by atoms with Crippen LogP contribution in [0.1, 0.15) is 70.4 Å². The van der Waals surface area contributed by atoms with Crippen molar-refractivity contribution in [2.45, 2.75) is 77.8 Å². The lowest BCUT2D eigenvalue weighted by Gasteiger charge is -2.23. The summed E-state index contributed by atoms with van der Waals surface area (Å²) < 4.78 is 35.8. The molecule has 1 aromatic carbocycles. The van der Waals surface area contributed by atoms with Crippen LogP contribution in [0.3, 0.4) is 0 Å². The Balaban J connectivity index is 2.66. The standard InChI is InChI=1S/C22H33N5O6S/c1-8-12-23-34(31,32)18-13-16(27(29)30)10-11-17(18)33-21-15(4)19(20(28)24-14(3)9-2)25-26(21)22(5,6)7/h10-11,13-14,23H,8-9,12H2,1-7H3,(H,24,28). The first kappa shape index (κ1) is 27.3. The summed E-state index contributed by atoms with van der Waals surface area (Å²) in [5.74, 6) is -0.319. The monoisotopic (exact) mass is 495 g/mol. The molecule has 1 heterocycles. The first-order chi connectivity index (χ1) is 15.7. The number of hydrogen-bond donors (Lipinski definition) is 2. The van der Waals surface area contributed by atoms with Crippen LogP contribution in [-0.2, 0) is 15.6 Å². The number of ether oxygens (including phenoxy) is 1. The highest BCUT2D eigenvalue weighted by atomic mass is 32.2. The van der Waals surface area contributed by atoms with Crippen LogP contribution in [0.4, 0.5) is 5.69 Å². The summed E-state index contributed by atoms with van der Waals surface area (Å²) in [6.45, 7) is 13.0. The van der Waals surface area contributed by atoms with Crippen LogP contribution in [0.2, 0.25) is 0 Å². The Labute approximate surface area is 200 Å². The van der Waals surface area contributed by atoms with Gasteiger partial charge in [0.05, 0.1) is 10.5 Å². The highest BCUT2D eigenvalue weighted by molar-refractivity contribution is 7.89. The average molecular weight is 496 g/mol. The summed E-state index contributed by atoms with van der Waals surface area (Å²) in [6, 6.07) is 3.29. The molecule has 11 nitrogen and oxygen atoms in total. The van der Waals surface area contributed by atoms with Crippen molar-refractivity contribution >= 4 is 21.6 Å². The molecule has 0 bridgehead atoms. The summed E-state index contributed by atoms with van der Waals surface area (Å²) in [5, 5.41) is 18.6. The van der Waals surface area contributed by atoms with Gasteiger partial charge in [-0.25, -0.2) is 17.8 Å². The number of sulfonamides is 1. The largest absolute Gasteiger partial charge is 0.438 e. The lowest BCUT2D eigenvalue weighted by atomic mass is 10.1. The molecule has 188 valence electrons. The zero-order chi connectivity index (χ0) is 25.8. The Hall–Kier alpha value is -2.99. The van der Waals surface area contributed by atoms with Gasteiger partial charge in [-0.3, -0.25) is 14.9 Å². The highest BCUT2D eigenvalue weighted by Gasteiger charge is 2.30. The molecule has 2 N–H and O–H groups in total. The van der Waals surface area contributed by atoms with E-state index in [4.69, 9.17) is 4.74 Å².